The molecule has 6 rings (SSSR count). The first-order chi connectivity index (χ1) is 18.4. The summed E-state index contributed by atoms with van der Waals surface area (Å²) in [6, 6.07) is 39.1. The Morgan fingerprint density at radius 2 is 1.15 bits per heavy atom. The summed E-state index contributed by atoms with van der Waals surface area (Å²) < 4.78 is 1.92. The van der Waals surface area contributed by atoms with E-state index in [1.807, 2.05) is 66.7 Å². The molecule has 0 amide bonds. The van der Waals surface area contributed by atoms with Crippen molar-refractivity contribution in [1.29, 1.82) is 0 Å². The lowest BCUT2D eigenvalue weighted by Crippen LogP contribution is -2.29. The smallest absolute Gasteiger partial charge is 0.423 e. The van der Waals surface area contributed by atoms with Crippen molar-refractivity contribution >= 4 is 77.8 Å². The molecule has 0 fully saturated rings. The van der Waals surface area contributed by atoms with Crippen molar-refractivity contribution < 1.29 is 10.0 Å². The van der Waals surface area contributed by atoms with E-state index in [4.69, 9.17) is 21.6 Å². The Balaban J connectivity index is 0.000000168. The van der Waals surface area contributed by atoms with Crippen molar-refractivity contribution in [1.82, 2.24) is 9.97 Å². The van der Waals surface area contributed by atoms with Crippen LogP contribution in [-0.4, -0.2) is 27.1 Å². The fourth-order valence-corrected chi connectivity index (χ4v) is 4.55. The van der Waals surface area contributed by atoms with Crippen LogP contribution in [-0.2, 0) is 0 Å². The Kier molecular flexibility index (Phi) is 11.7. The van der Waals surface area contributed by atoms with E-state index in [0.717, 1.165) is 36.6 Å². The lowest BCUT2D eigenvalue weighted by atomic mass is 9.81. The molecule has 2 aromatic heterocycles. The first-order valence-electron chi connectivity index (χ1n) is 11.6. The average Bonchev–Trinajstić information content (AvgIpc) is 2.93. The molecule has 8 heteroatoms. The minimum absolute atomic E-state index is 0. The van der Waals surface area contributed by atoms with Gasteiger partial charge in [-0.05, 0) is 60.1 Å². The summed E-state index contributed by atoms with van der Waals surface area (Å²) in [4.78, 5) is 8.81. The third-order valence-electron chi connectivity index (χ3n) is 5.43. The molecule has 0 unspecified atom stereocenters. The van der Waals surface area contributed by atoms with E-state index < -0.39 is 7.12 Å². The number of nitrogens with zero attached hydrogens (tertiary/aromatic N) is 2. The Bertz CT molecular complexity index is 1670. The number of fused-ring (bicyclic) bond motifs is 2. The number of para-hydroxylation sites is 2. The van der Waals surface area contributed by atoms with E-state index in [9.17, 15) is 0 Å². The van der Waals surface area contributed by atoms with Crippen LogP contribution >= 0.6 is 43.5 Å². The van der Waals surface area contributed by atoms with Crippen molar-refractivity contribution in [2.24, 2.45) is 0 Å². The van der Waals surface area contributed by atoms with E-state index >= 15 is 0 Å². The number of benzene rings is 4. The fraction of sp³-hybridized carbons (Fsp3) is 0.0323. The summed E-state index contributed by atoms with van der Waals surface area (Å²) in [5.41, 5.74) is 4.61. The van der Waals surface area contributed by atoms with Gasteiger partial charge in [-0.25, -0.2) is 9.97 Å². The van der Waals surface area contributed by atoms with Gasteiger partial charge >= 0.3 is 7.12 Å². The minimum Gasteiger partial charge on any atom is -0.423 e. The summed E-state index contributed by atoms with van der Waals surface area (Å²) in [5, 5.41) is 20.2. The van der Waals surface area contributed by atoms with Gasteiger partial charge in [0.25, 0.3) is 0 Å². The second-order valence-corrected chi connectivity index (χ2v) is 10.4. The zero-order valence-corrected chi connectivity index (χ0v) is 24.0. The molecule has 0 spiro atoms. The maximum Gasteiger partial charge on any atom is 0.488 e. The Hall–Kier alpha value is -3.07. The maximum atomic E-state index is 8.68. The summed E-state index contributed by atoms with van der Waals surface area (Å²) >= 11 is 12.4. The van der Waals surface area contributed by atoms with Crippen LogP contribution < -0.4 is 5.46 Å². The molecule has 0 bridgehead atoms. The molecule has 0 saturated heterocycles. The molecule has 2 N–H and O–H groups in total. The SMILES string of the molecule is Brc1cccc(-c2ccc3ccccc3n2)c1.C.Clc1ccc2ccccc2n1.OB(O)c1cccc(Br)c1. The first kappa shape index (κ1) is 30.5. The predicted octanol–water partition coefficient (Wildman–Crippen LogP) is 8.32. The molecule has 2 heterocycles. The topological polar surface area (TPSA) is 66.2 Å². The van der Waals surface area contributed by atoms with Crippen LogP contribution in [0.5, 0.6) is 0 Å². The van der Waals surface area contributed by atoms with E-state index in [1.165, 1.54) is 5.39 Å². The highest BCUT2D eigenvalue weighted by Gasteiger charge is 2.09. The Morgan fingerprint density at radius 3 is 1.74 bits per heavy atom. The van der Waals surface area contributed by atoms with Gasteiger partial charge in [-0.3, -0.25) is 0 Å². The van der Waals surface area contributed by atoms with Crippen LogP contribution in [0.4, 0.5) is 0 Å². The molecule has 0 atom stereocenters. The molecular formula is C31H26BBr2ClN2O2. The number of hydrogen-bond acceptors (Lipinski definition) is 4. The number of pyridine rings is 2. The molecule has 0 aliphatic rings. The van der Waals surface area contributed by atoms with Crippen LogP contribution in [0.2, 0.25) is 5.15 Å². The van der Waals surface area contributed by atoms with Crippen molar-refractivity contribution in [3.63, 3.8) is 0 Å². The number of rotatable bonds is 2. The zero-order chi connectivity index (χ0) is 26.9. The molecule has 196 valence electrons. The third-order valence-corrected chi connectivity index (χ3v) is 6.63. The largest absolute Gasteiger partial charge is 0.488 e. The predicted molar refractivity (Wildman–Crippen MR) is 172 cm³/mol. The van der Waals surface area contributed by atoms with E-state index in [0.29, 0.717) is 10.6 Å². The highest BCUT2D eigenvalue weighted by Crippen LogP contribution is 2.23. The van der Waals surface area contributed by atoms with E-state index in [-0.39, 0.29) is 7.43 Å². The molecule has 39 heavy (non-hydrogen) atoms. The third kappa shape index (κ3) is 8.99. The molecule has 6 aromatic rings. The number of halogens is 3. The van der Waals surface area contributed by atoms with Gasteiger partial charge in [-0.15, -0.1) is 0 Å². The Labute approximate surface area is 250 Å². The quantitative estimate of drug-likeness (QED) is 0.144. The lowest BCUT2D eigenvalue weighted by Gasteiger charge is -2.03. The van der Waals surface area contributed by atoms with E-state index in [1.54, 1.807) is 24.3 Å². The zero-order valence-electron chi connectivity index (χ0n) is 20.0. The molecular weight excluding hydrogens is 638 g/mol. The van der Waals surface area contributed by atoms with Crippen molar-refractivity contribution in [2.45, 2.75) is 7.43 Å². The number of hydrogen-bond donors (Lipinski definition) is 2. The highest BCUT2D eigenvalue weighted by molar-refractivity contribution is 9.10. The first-order valence-corrected chi connectivity index (χ1v) is 13.6. The van der Waals surface area contributed by atoms with Gasteiger partial charge < -0.3 is 10.0 Å². The monoisotopic (exact) mass is 662 g/mol. The maximum absolute atomic E-state index is 8.68. The van der Waals surface area contributed by atoms with Crippen LogP contribution in [0.15, 0.2) is 130 Å². The normalized spacial score (nSPS) is 9.97. The molecule has 0 radical (unpaired) electrons. The van der Waals surface area contributed by atoms with Crippen LogP contribution in [0.3, 0.4) is 0 Å². The Morgan fingerprint density at radius 1 is 0.590 bits per heavy atom. The summed E-state index contributed by atoms with van der Waals surface area (Å²) in [5.74, 6) is 0. The van der Waals surface area contributed by atoms with Gasteiger partial charge in [0.1, 0.15) is 5.15 Å². The second kappa shape index (κ2) is 14.9. The van der Waals surface area contributed by atoms with Gasteiger partial charge in [-0.1, -0.05) is 118 Å². The van der Waals surface area contributed by atoms with Gasteiger partial charge in [-0.2, -0.15) is 0 Å². The highest BCUT2D eigenvalue weighted by atomic mass is 79.9. The van der Waals surface area contributed by atoms with Gasteiger partial charge in [0.15, 0.2) is 0 Å². The van der Waals surface area contributed by atoms with Crippen LogP contribution in [0.1, 0.15) is 7.43 Å². The lowest BCUT2D eigenvalue weighted by molar-refractivity contribution is 0.426. The van der Waals surface area contributed by atoms with Gasteiger partial charge in [0, 0.05) is 25.3 Å². The fourth-order valence-electron chi connectivity index (χ4n) is 3.58. The molecule has 4 nitrogen and oxygen atoms in total. The minimum atomic E-state index is -1.38. The van der Waals surface area contributed by atoms with E-state index in [2.05, 4.69) is 72.2 Å². The van der Waals surface area contributed by atoms with Gasteiger partial charge in [0.2, 0.25) is 0 Å². The number of aromatic nitrogens is 2. The molecule has 0 aliphatic heterocycles. The molecule has 0 aliphatic carbocycles. The standard InChI is InChI=1S/C15H10BrN.C9H6ClN.C6H6BBrO2.CH4/c16-13-6-3-5-12(10-13)15-9-8-11-4-1-2-7-14(11)17-15;10-9-6-5-7-3-1-2-4-8(7)11-9;8-6-3-1-2-5(4-6)7(9)10;/h1-10H;1-6H;1-4,9-10H;1H4. The summed E-state index contributed by atoms with van der Waals surface area (Å²) in [7, 11) is -1.38. The molecule has 4 aromatic carbocycles. The average molecular weight is 665 g/mol. The molecule has 0 saturated carbocycles. The van der Waals surface area contributed by atoms with Crippen LogP contribution in [0, 0.1) is 0 Å². The van der Waals surface area contributed by atoms with Gasteiger partial charge in [0.05, 0.1) is 16.7 Å². The summed E-state index contributed by atoms with van der Waals surface area (Å²) in [6.45, 7) is 0. The van der Waals surface area contributed by atoms with Crippen molar-refractivity contribution in [2.75, 3.05) is 0 Å². The second-order valence-electron chi connectivity index (χ2n) is 8.15. The van der Waals surface area contributed by atoms with Crippen LogP contribution in [0.25, 0.3) is 33.1 Å². The van der Waals surface area contributed by atoms with Crippen molar-refractivity contribution in [3.8, 4) is 11.3 Å². The van der Waals surface area contributed by atoms with Crippen molar-refractivity contribution in [3.05, 3.63) is 135 Å². The summed E-state index contributed by atoms with van der Waals surface area (Å²) in [6.07, 6.45) is 0.